The Morgan fingerprint density at radius 2 is 2.14 bits per heavy atom. The van der Waals surface area contributed by atoms with Crippen molar-refractivity contribution in [2.75, 3.05) is 18.4 Å². The maximum atomic E-state index is 14.4. The molecule has 1 fully saturated rings. The van der Waals surface area contributed by atoms with Gasteiger partial charge in [0.05, 0.1) is 5.52 Å². The minimum Gasteiger partial charge on any atom is -0.366 e. The molecular formula is C20H22FN5O2. The van der Waals surface area contributed by atoms with Crippen molar-refractivity contribution in [2.24, 2.45) is 0 Å². The Balaban J connectivity index is 1.30. The third-order valence-corrected chi connectivity index (χ3v) is 4.70. The van der Waals surface area contributed by atoms with Gasteiger partial charge < -0.3 is 15.0 Å². The highest BCUT2D eigenvalue weighted by Crippen LogP contribution is 2.21. The van der Waals surface area contributed by atoms with Gasteiger partial charge in [-0.2, -0.15) is 0 Å². The molecular weight excluding hydrogens is 361 g/mol. The zero-order valence-electron chi connectivity index (χ0n) is 15.6. The Morgan fingerprint density at radius 1 is 1.32 bits per heavy atom. The number of imidazole rings is 1. The van der Waals surface area contributed by atoms with Gasteiger partial charge in [-0.25, -0.2) is 14.4 Å². The van der Waals surface area contributed by atoms with Crippen LogP contribution >= 0.6 is 0 Å². The molecule has 4 rings (SSSR count). The maximum Gasteiger partial charge on any atom is 0.221 e. The molecule has 3 aromatic rings. The topological polar surface area (TPSA) is 83.1 Å². The molecule has 1 aliphatic rings. The number of carbonyl (C=O) groups excluding carboxylic acids is 1. The van der Waals surface area contributed by atoms with Gasteiger partial charge in [-0.1, -0.05) is 12.1 Å². The fourth-order valence-corrected chi connectivity index (χ4v) is 3.40. The van der Waals surface area contributed by atoms with Crippen LogP contribution in [0.4, 0.5) is 10.1 Å². The highest BCUT2D eigenvalue weighted by Gasteiger charge is 2.33. The fraction of sp³-hybridized carbons (Fsp3) is 0.350. The minimum absolute atomic E-state index is 0.104. The second-order valence-electron chi connectivity index (χ2n) is 7.00. The van der Waals surface area contributed by atoms with Crippen LogP contribution in [0.5, 0.6) is 0 Å². The molecule has 28 heavy (non-hydrogen) atoms. The summed E-state index contributed by atoms with van der Waals surface area (Å²) in [4.78, 5) is 24.8. The summed E-state index contributed by atoms with van der Waals surface area (Å²) in [5, 5.41) is 2.74. The van der Waals surface area contributed by atoms with Crippen LogP contribution in [0.15, 0.2) is 42.6 Å². The van der Waals surface area contributed by atoms with Crippen molar-refractivity contribution in [1.29, 1.82) is 0 Å². The number of hydrogen-bond donors (Lipinski definition) is 2. The van der Waals surface area contributed by atoms with E-state index in [-0.39, 0.29) is 12.5 Å². The number of alkyl halides is 1. The van der Waals surface area contributed by atoms with Crippen molar-refractivity contribution in [3.05, 3.63) is 54.0 Å². The van der Waals surface area contributed by atoms with Crippen LogP contribution in [0, 0.1) is 0 Å². The van der Waals surface area contributed by atoms with Gasteiger partial charge in [0.2, 0.25) is 5.91 Å². The smallest absolute Gasteiger partial charge is 0.221 e. The first kappa shape index (κ1) is 18.5. The molecule has 3 heterocycles. The van der Waals surface area contributed by atoms with Crippen LogP contribution in [0.2, 0.25) is 0 Å². The third-order valence-electron chi connectivity index (χ3n) is 4.70. The molecule has 2 aromatic heterocycles. The number of benzene rings is 1. The van der Waals surface area contributed by atoms with E-state index in [1.807, 2.05) is 41.3 Å². The van der Waals surface area contributed by atoms with Crippen LogP contribution in [-0.2, 0) is 22.7 Å². The Kier molecular flexibility index (Phi) is 5.31. The van der Waals surface area contributed by atoms with Crippen molar-refractivity contribution < 1.29 is 13.9 Å². The molecule has 0 radical (unpaired) electrons. The summed E-state index contributed by atoms with van der Waals surface area (Å²) in [7, 11) is 0. The van der Waals surface area contributed by atoms with Gasteiger partial charge in [0.1, 0.15) is 24.7 Å². The number of rotatable bonds is 6. The van der Waals surface area contributed by atoms with E-state index in [9.17, 15) is 9.18 Å². The van der Waals surface area contributed by atoms with E-state index in [1.165, 1.54) is 6.92 Å². The predicted molar refractivity (Wildman–Crippen MR) is 103 cm³/mol. The Labute approximate surface area is 161 Å². The van der Waals surface area contributed by atoms with Crippen LogP contribution in [-0.4, -0.2) is 51.1 Å². The number of ether oxygens (including phenoxy) is 1. The number of hydrogen-bond acceptors (Lipinski definition) is 5. The van der Waals surface area contributed by atoms with Gasteiger partial charge in [0.25, 0.3) is 0 Å². The molecule has 0 spiro atoms. The summed E-state index contributed by atoms with van der Waals surface area (Å²) in [5.41, 5.74) is 3.29. The lowest BCUT2D eigenvalue weighted by atomic mass is 10.2. The van der Waals surface area contributed by atoms with Gasteiger partial charge in [-0.05, 0) is 29.8 Å². The molecule has 0 saturated carbocycles. The van der Waals surface area contributed by atoms with E-state index in [2.05, 4.69) is 20.3 Å². The number of nitrogens with zero attached hydrogens (tertiary/aromatic N) is 3. The number of pyridine rings is 1. The first-order valence-corrected chi connectivity index (χ1v) is 9.21. The van der Waals surface area contributed by atoms with E-state index >= 15 is 0 Å². The average molecular weight is 383 g/mol. The third kappa shape index (κ3) is 4.35. The predicted octanol–water partition coefficient (Wildman–Crippen LogP) is 2.66. The minimum atomic E-state index is -1.04. The quantitative estimate of drug-likeness (QED) is 0.684. The lowest BCUT2D eigenvalue weighted by molar-refractivity contribution is -0.114. The van der Waals surface area contributed by atoms with Crippen molar-refractivity contribution in [3.8, 4) is 0 Å². The van der Waals surface area contributed by atoms with Gasteiger partial charge in [0, 0.05) is 38.4 Å². The molecule has 0 bridgehead atoms. The van der Waals surface area contributed by atoms with Crippen LogP contribution in [0.3, 0.4) is 0 Å². The van der Waals surface area contributed by atoms with Crippen LogP contribution in [0.25, 0.3) is 11.2 Å². The fourth-order valence-electron chi connectivity index (χ4n) is 3.40. The lowest BCUT2D eigenvalue weighted by Gasteiger charge is -2.16. The molecule has 1 aliphatic heterocycles. The molecule has 1 saturated heterocycles. The van der Waals surface area contributed by atoms with E-state index < -0.39 is 12.3 Å². The van der Waals surface area contributed by atoms with Crippen LogP contribution in [0.1, 0.15) is 18.3 Å². The van der Waals surface area contributed by atoms with E-state index in [4.69, 9.17) is 4.74 Å². The molecule has 2 N–H and O–H groups in total. The number of anilines is 1. The first-order valence-electron chi connectivity index (χ1n) is 9.21. The number of H-pyrrole nitrogens is 1. The number of amides is 1. The summed E-state index contributed by atoms with van der Waals surface area (Å²) in [6, 6.07) is 11.3. The van der Waals surface area contributed by atoms with Gasteiger partial charge in [-0.15, -0.1) is 0 Å². The highest BCUT2D eigenvalue weighted by atomic mass is 19.1. The molecule has 1 aromatic carbocycles. The zero-order chi connectivity index (χ0) is 19.5. The summed E-state index contributed by atoms with van der Waals surface area (Å²) < 4.78 is 20.2. The van der Waals surface area contributed by atoms with Crippen molar-refractivity contribution >= 4 is 22.8 Å². The number of carbonyl (C=O) groups is 1. The second-order valence-corrected chi connectivity index (χ2v) is 7.00. The second kappa shape index (κ2) is 8.04. The van der Waals surface area contributed by atoms with Crippen molar-refractivity contribution in [3.63, 3.8) is 0 Å². The molecule has 2 atom stereocenters. The van der Waals surface area contributed by atoms with Gasteiger partial charge >= 0.3 is 0 Å². The van der Waals surface area contributed by atoms with E-state index in [1.54, 1.807) is 6.20 Å². The molecule has 8 heteroatoms. The number of fused-ring (bicyclic) bond motifs is 1. The summed E-state index contributed by atoms with van der Waals surface area (Å²) in [5.74, 6) is 0.542. The molecule has 0 aliphatic carbocycles. The molecule has 7 nitrogen and oxygen atoms in total. The number of nitrogens with one attached hydrogen (secondary N) is 2. The number of likely N-dealkylation sites (tertiary alicyclic amines) is 1. The standard InChI is InChI=1S/C20H22FN5O2/c1-13(27)23-15-6-4-14(5-7-15)9-26-10-16(21)18(11-26)28-12-19-24-17-3-2-8-22-20(17)25-19/h2-8,16,18H,9-12H2,1H3,(H,23,27)(H,22,24,25). The van der Waals surface area contributed by atoms with Gasteiger partial charge in [0.15, 0.2) is 5.65 Å². The Hall–Kier alpha value is -2.84. The van der Waals surface area contributed by atoms with Crippen molar-refractivity contribution in [2.45, 2.75) is 32.4 Å². The van der Waals surface area contributed by atoms with Crippen molar-refractivity contribution in [1.82, 2.24) is 19.9 Å². The number of aromatic amines is 1. The normalized spacial score (nSPS) is 19.9. The Bertz CT molecular complexity index is 926. The zero-order valence-corrected chi connectivity index (χ0v) is 15.6. The molecule has 1 amide bonds. The number of halogens is 1. The summed E-state index contributed by atoms with van der Waals surface area (Å²) in [6.07, 6.45) is 0.157. The largest absolute Gasteiger partial charge is 0.366 e. The SMILES string of the molecule is CC(=O)Nc1ccc(CN2CC(F)C(OCc3nc4ncccc4[nH]3)C2)cc1. The Morgan fingerprint density at radius 3 is 2.89 bits per heavy atom. The summed E-state index contributed by atoms with van der Waals surface area (Å²) >= 11 is 0. The molecule has 146 valence electrons. The average Bonchev–Trinajstić information content (AvgIpc) is 3.23. The highest BCUT2D eigenvalue weighted by molar-refractivity contribution is 5.88. The summed E-state index contributed by atoms with van der Waals surface area (Å²) in [6.45, 7) is 3.18. The maximum absolute atomic E-state index is 14.4. The first-order chi connectivity index (χ1) is 13.6. The van der Waals surface area contributed by atoms with Crippen LogP contribution < -0.4 is 5.32 Å². The number of aromatic nitrogens is 3. The molecule has 2 unspecified atom stereocenters. The van der Waals surface area contributed by atoms with E-state index in [0.717, 1.165) is 16.8 Å². The lowest BCUT2D eigenvalue weighted by Crippen LogP contribution is -2.24. The van der Waals surface area contributed by atoms with Gasteiger partial charge in [-0.3, -0.25) is 9.69 Å². The monoisotopic (exact) mass is 383 g/mol. The van der Waals surface area contributed by atoms with E-state index in [0.29, 0.717) is 31.1 Å².